The molecule has 7 heteroatoms. The van der Waals surface area contributed by atoms with Crippen LogP contribution in [0.4, 0.5) is 5.95 Å². The average Bonchev–Trinajstić information content (AvgIpc) is 3.11. The summed E-state index contributed by atoms with van der Waals surface area (Å²) in [5.74, 6) is 0.491. The number of imidazole rings is 1. The molecule has 1 amide bonds. The molecule has 0 unspecified atom stereocenters. The van der Waals surface area contributed by atoms with E-state index in [2.05, 4.69) is 10.1 Å². The van der Waals surface area contributed by atoms with Gasteiger partial charge in [-0.05, 0) is 26.7 Å². The zero-order valence-corrected chi connectivity index (χ0v) is 12.0. The number of likely N-dealkylation sites (tertiary alicyclic amines) is 1. The predicted octanol–water partition coefficient (Wildman–Crippen LogP) is 0.766. The minimum atomic E-state index is 0.106. The van der Waals surface area contributed by atoms with Gasteiger partial charge in [0.15, 0.2) is 5.65 Å². The second-order valence-electron chi connectivity index (χ2n) is 5.22. The number of anilines is 1. The maximum Gasteiger partial charge on any atom is 0.242 e. The number of nitrogen functional groups attached to an aromatic ring is 1. The molecule has 0 saturated carbocycles. The van der Waals surface area contributed by atoms with Gasteiger partial charge in [-0.25, -0.2) is 9.67 Å². The fourth-order valence-corrected chi connectivity index (χ4v) is 2.82. The Balaban J connectivity index is 1.97. The number of fused-ring (bicyclic) bond motifs is 1. The van der Waals surface area contributed by atoms with Gasteiger partial charge >= 0.3 is 0 Å². The number of hydrogen-bond donors (Lipinski definition) is 1. The number of hydrogen-bond acceptors (Lipinski definition) is 4. The zero-order chi connectivity index (χ0) is 14.3. The van der Waals surface area contributed by atoms with E-state index < -0.39 is 0 Å². The van der Waals surface area contributed by atoms with Crippen LogP contribution in [0.3, 0.4) is 0 Å². The van der Waals surface area contributed by atoms with Crippen molar-refractivity contribution in [2.45, 2.75) is 39.8 Å². The van der Waals surface area contributed by atoms with Crippen molar-refractivity contribution in [2.75, 3.05) is 18.8 Å². The van der Waals surface area contributed by atoms with Crippen LogP contribution in [0.2, 0.25) is 0 Å². The summed E-state index contributed by atoms with van der Waals surface area (Å²) in [7, 11) is 0. The molecule has 108 valence electrons. The summed E-state index contributed by atoms with van der Waals surface area (Å²) in [6.07, 6.45) is 2.18. The molecule has 2 N–H and O–H groups in total. The maximum absolute atomic E-state index is 12.3. The summed E-state index contributed by atoms with van der Waals surface area (Å²) in [4.78, 5) is 18.5. The van der Waals surface area contributed by atoms with Crippen molar-refractivity contribution in [1.82, 2.24) is 24.2 Å². The van der Waals surface area contributed by atoms with Gasteiger partial charge in [-0.2, -0.15) is 5.10 Å². The number of nitrogens with zero attached hydrogens (tertiary/aromatic N) is 5. The van der Waals surface area contributed by atoms with E-state index in [-0.39, 0.29) is 12.5 Å². The largest absolute Gasteiger partial charge is 0.369 e. The highest BCUT2D eigenvalue weighted by Gasteiger charge is 2.22. The van der Waals surface area contributed by atoms with Crippen LogP contribution >= 0.6 is 0 Å². The molecule has 1 aliphatic rings. The quantitative estimate of drug-likeness (QED) is 0.897. The summed E-state index contributed by atoms with van der Waals surface area (Å²) < 4.78 is 3.63. The number of aromatic nitrogens is 4. The summed E-state index contributed by atoms with van der Waals surface area (Å²) >= 11 is 0. The van der Waals surface area contributed by atoms with E-state index in [1.54, 1.807) is 4.57 Å². The lowest BCUT2D eigenvalue weighted by atomic mass is 10.4. The molecule has 7 nitrogen and oxygen atoms in total. The van der Waals surface area contributed by atoms with Gasteiger partial charge < -0.3 is 10.6 Å². The van der Waals surface area contributed by atoms with Crippen LogP contribution in [0.1, 0.15) is 25.5 Å². The molecule has 2 aromatic heterocycles. The van der Waals surface area contributed by atoms with Gasteiger partial charge in [0.1, 0.15) is 12.1 Å². The van der Waals surface area contributed by atoms with Crippen LogP contribution in [0.25, 0.3) is 11.2 Å². The summed E-state index contributed by atoms with van der Waals surface area (Å²) in [6.45, 7) is 6.60. The SMILES string of the molecule is CCn1nc(C)c2nc(N)n(CC(=O)N3CCCC3)c21. The molecule has 20 heavy (non-hydrogen) atoms. The Morgan fingerprint density at radius 2 is 2.05 bits per heavy atom. The fraction of sp³-hybridized carbons (Fsp3) is 0.615. The van der Waals surface area contributed by atoms with E-state index in [4.69, 9.17) is 5.73 Å². The highest BCUT2D eigenvalue weighted by atomic mass is 16.2. The summed E-state index contributed by atoms with van der Waals surface area (Å²) in [6, 6.07) is 0. The number of carbonyl (C=O) groups is 1. The zero-order valence-electron chi connectivity index (χ0n) is 12.0. The number of amides is 1. The number of aryl methyl sites for hydroxylation is 2. The van der Waals surface area contributed by atoms with E-state index >= 15 is 0 Å². The molecule has 0 spiro atoms. The normalized spacial score (nSPS) is 15.4. The highest BCUT2D eigenvalue weighted by molar-refractivity contribution is 5.82. The Morgan fingerprint density at radius 3 is 2.70 bits per heavy atom. The second-order valence-corrected chi connectivity index (χ2v) is 5.22. The minimum Gasteiger partial charge on any atom is -0.369 e. The van der Waals surface area contributed by atoms with Crippen molar-refractivity contribution in [1.29, 1.82) is 0 Å². The number of rotatable bonds is 3. The Labute approximate surface area is 117 Å². The first-order chi connectivity index (χ1) is 9.61. The highest BCUT2D eigenvalue weighted by Crippen LogP contribution is 2.21. The average molecular weight is 276 g/mol. The Morgan fingerprint density at radius 1 is 1.35 bits per heavy atom. The van der Waals surface area contributed by atoms with Crippen molar-refractivity contribution in [2.24, 2.45) is 0 Å². The summed E-state index contributed by atoms with van der Waals surface area (Å²) in [5.41, 5.74) is 8.46. The molecule has 0 aromatic carbocycles. The van der Waals surface area contributed by atoms with E-state index in [1.165, 1.54) is 0 Å². The molecule has 0 atom stereocenters. The van der Waals surface area contributed by atoms with Crippen LogP contribution in [0, 0.1) is 6.92 Å². The maximum atomic E-state index is 12.3. The van der Waals surface area contributed by atoms with Gasteiger partial charge in [0.2, 0.25) is 11.9 Å². The molecule has 0 aliphatic carbocycles. The third-order valence-electron chi connectivity index (χ3n) is 3.88. The van der Waals surface area contributed by atoms with E-state index in [0.717, 1.165) is 49.3 Å². The topological polar surface area (TPSA) is 82.0 Å². The Bertz CT molecular complexity index is 649. The smallest absolute Gasteiger partial charge is 0.242 e. The van der Waals surface area contributed by atoms with E-state index in [1.807, 2.05) is 23.4 Å². The van der Waals surface area contributed by atoms with Gasteiger partial charge in [0, 0.05) is 19.6 Å². The van der Waals surface area contributed by atoms with Crippen molar-refractivity contribution < 1.29 is 4.79 Å². The van der Waals surface area contributed by atoms with Crippen molar-refractivity contribution in [3.63, 3.8) is 0 Å². The lowest BCUT2D eigenvalue weighted by Crippen LogP contribution is -2.31. The first-order valence-electron chi connectivity index (χ1n) is 7.08. The first kappa shape index (κ1) is 13.0. The van der Waals surface area contributed by atoms with Gasteiger partial charge in [-0.1, -0.05) is 0 Å². The van der Waals surface area contributed by atoms with E-state index in [0.29, 0.717) is 5.95 Å². The van der Waals surface area contributed by atoms with Gasteiger partial charge in [-0.15, -0.1) is 0 Å². The summed E-state index contributed by atoms with van der Waals surface area (Å²) in [5, 5.41) is 4.43. The number of carbonyl (C=O) groups excluding carboxylic acids is 1. The van der Waals surface area contributed by atoms with E-state index in [9.17, 15) is 4.79 Å². The third-order valence-corrected chi connectivity index (χ3v) is 3.88. The van der Waals surface area contributed by atoms with Crippen molar-refractivity contribution in [3.05, 3.63) is 5.69 Å². The third kappa shape index (κ3) is 1.93. The Hall–Kier alpha value is -2.05. The van der Waals surface area contributed by atoms with Crippen LogP contribution in [-0.4, -0.2) is 43.2 Å². The molecule has 2 aromatic rings. The molecular weight excluding hydrogens is 256 g/mol. The van der Waals surface area contributed by atoms with Crippen LogP contribution in [0.15, 0.2) is 0 Å². The van der Waals surface area contributed by atoms with Crippen LogP contribution in [0.5, 0.6) is 0 Å². The van der Waals surface area contributed by atoms with Gasteiger partial charge in [-0.3, -0.25) is 9.36 Å². The lowest BCUT2D eigenvalue weighted by Gasteiger charge is -2.16. The van der Waals surface area contributed by atoms with Crippen LogP contribution in [-0.2, 0) is 17.9 Å². The molecule has 3 rings (SSSR count). The molecule has 1 aliphatic heterocycles. The molecular formula is C13H20N6O. The van der Waals surface area contributed by atoms with Crippen LogP contribution < -0.4 is 5.73 Å². The molecule has 1 saturated heterocycles. The van der Waals surface area contributed by atoms with Gasteiger partial charge in [0.25, 0.3) is 0 Å². The predicted molar refractivity (Wildman–Crippen MR) is 76.2 cm³/mol. The molecule has 0 radical (unpaired) electrons. The first-order valence-corrected chi connectivity index (χ1v) is 7.08. The fourth-order valence-electron chi connectivity index (χ4n) is 2.82. The molecule has 3 heterocycles. The second kappa shape index (κ2) is 4.81. The lowest BCUT2D eigenvalue weighted by molar-refractivity contribution is -0.130. The monoisotopic (exact) mass is 276 g/mol. The van der Waals surface area contributed by atoms with Crippen molar-refractivity contribution >= 4 is 23.0 Å². The molecule has 1 fully saturated rings. The Kier molecular flexibility index (Phi) is 3.11. The standard InChI is InChI=1S/C13H20N6O/c1-3-19-12-11(9(2)16-19)15-13(14)18(12)8-10(20)17-6-4-5-7-17/h3-8H2,1-2H3,(H2,14,15). The van der Waals surface area contributed by atoms with Gasteiger partial charge in [0.05, 0.1) is 5.69 Å². The minimum absolute atomic E-state index is 0.106. The molecule has 0 bridgehead atoms. The van der Waals surface area contributed by atoms with Crippen molar-refractivity contribution in [3.8, 4) is 0 Å². The number of nitrogens with two attached hydrogens (primary N) is 1.